The Hall–Kier alpha value is -2.63. The number of hydrogen-bond acceptors (Lipinski definition) is 3. The average molecular weight is 381 g/mol. The molecule has 1 heterocycles. The Labute approximate surface area is 166 Å². The molecule has 0 bridgehead atoms. The van der Waals surface area contributed by atoms with Crippen LogP contribution < -0.4 is 10.2 Å². The Balaban J connectivity index is 1.67. The predicted octanol–water partition coefficient (Wildman–Crippen LogP) is 2.93. The number of amides is 1. The summed E-state index contributed by atoms with van der Waals surface area (Å²) in [6.07, 6.45) is 0. The lowest BCUT2D eigenvalue weighted by Gasteiger charge is -2.15. The van der Waals surface area contributed by atoms with E-state index in [0.717, 1.165) is 36.1 Å². The third-order valence-corrected chi connectivity index (χ3v) is 5.12. The van der Waals surface area contributed by atoms with Crippen molar-refractivity contribution >= 4 is 16.9 Å². The van der Waals surface area contributed by atoms with Crippen molar-refractivity contribution in [3.63, 3.8) is 0 Å². The highest BCUT2D eigenvalue weighted by Gasteiger charge is 2.20. The van der Waals surface area contributed by atoms with Crippen LogP contribution in [0.5, 0.6) is 0 Å². The minimum absolute atomic E-state index is 0.222. The number of quaternary nitrogens is 1. The molecule has 2 aromatic carbocycles. The fourth-order valence-electron chi connectivity index (χ4n) is 3.40. The van der Waals surface area contributed by atoms with E-state index in [9.17, 15) is 4.79 Å². The van der Waals surface area contributed by atoms with E-state index >= 15 is 0 Å². The number of hydrogen-bond donors (Lipinski definition) is 2. The van der Waals surface area contributed by atoms with Crippen molar-refractivity contribution in [3.8, 4) is 0 Å². The molecule has 0 saturated carbocycles. The topological polar surface area (TPSA) is 55.9 Å². The van der Waals surface area contributed by atoms with Gasteiger partial charge in [-0.25, -0.2) is 0 Å². The molecule has 0 aliphatic heterocycles. The van der Waals surface area contributed by atoms with Crippen LogP contribution in [0.1, 0.15) is 41.1 Å². The van der Waals surface area contributed by atoms with E-state index in [2.05, 4.69) is 43.4 Å². The van der Waals surface area contributed by atoms with Gasteiger partial charge >= 0.3 is 0 Å². The minimum Gasteiger partial charge on any atom is -0.451 e. The van der Waals surface area contributed by atoms with Crippen molar-refractivity contribution in [2.75, 3.05) is 20.2 Å². The Bertz CT molecular complexity index is 911. The zero-order valence-electron chi connectivity index (χ0n) is 16.9. The monoisotopic (exact) mass is 381 g/mol. The highest BCUT2D eigenvalue weighted by Crippen LogP contribution is 2.26. The summed E-state index contributed by atoms with van der Waals surface area (Å²) >= 11 is 0. The second-order valence-corrected chi connectivity index (χ2v) is 6.97. The molecule has 1 amide bonds. The molecule has 0 radical (unpaired) electrons. The van der Waals surface area contributed by atoms with Crippen LogP contribution in [0.25, 0.3) is 11.0 Å². The van der Waals surface area contributed by atoms with Crippen LogP contribution in [0.3, 0.4) is 0 Å². The van der Waals surface area contributed by atoms with Gasteiger partial charge in [0.2, 0.25) is 0 Å². The molecule has 0 saturated heterocycles. The van der Waals surface area contributed by atoms with E-state index in [-0.39, 0.29) is 5.91 Å². The van der Waals surface area contributed by atoms with Crippen LogP contribution >= 0.6 is 0 Å². The van der Waals surface area contributed by atoms with Crippen LogP contribution in [-0.4, -0.2) is 26.1 Å². The maximum Gasteiger partial charge on any atom is 0.287 e. The number of nitrogens with one attached hydrogen (secondary N) is 2. The van der Waals surface area contributed by atoms with Crippen LogP contribution in [0.15, 0.2) is 52.9 Å². The first-order valence-corrected chi connectivity index (χ1v) is 9.85. The van der Waals surface area contributed by atoms with Gasteiger partial charge < -0.3 is 19.4 Å². The van der Waals surface area contributed by atoms with Gasteiger partial charge in [0.05, 0.1) is 19.7 Å². The maximum atomic E-state index is 12.7. The molecule has 0 fully saturated rings. The summed E-state index contributed by atoms with van der Waals surface area (Å²) in [6, 6.07) is 16.1. The highest BCUT2D eigenvalue weighted by atomic mass is 16.5. The van der Waals surface area contributed by atoms with Crippen molar-refractivity contribution in [3.05, 3.63) is 71.0 Å². The van der Waals surface area contributed by atoms with Crippen LogP contribution in [0.4, 0.5) is 0 Å². The highest BCUT2D eigenvalue weighted by molar-refractivity contribution is 5.99. The predicted molar refractivity (Wildman–Crippen MR) is 110 cm³/mol. The first-order chi connectivity index (χ1) is 13.7. The standard InChI is InChI=1S/C23H28N2O3/c1-4-25(5-2)15-18-12-10-17(11-13-18)14-24-23(26)22-20(16-27-3)19-8-6-7-9-21(19)28-22/h6-13H,4-5,14-16H2,1-3H3,(H,24,26)/p+1. The van der Waals surface area contributed by atoms with E-state index in [4.69, 9.17) is 9.15 Å². The number of benzene rings is 2. The normalized spacial score (nSPS) is 11.3. The molecule has 0 spiro atoms. The largest absolute Gasteiger partial charge is 0.451 e. The second kappa shape index (κ2) is 9.53. The molecule has 28 heavy (non-hydrogen) atoms. The summed E-state index contributed by atoms with van der Waals surface area (Å²) in [4.78, 5) is 14.3. The van der Waals surface area contributed by atoms with Crippen LogP contribution in [0, 0.1) is 0 Å². The number of carbonyl (C=O) groups excluding carboxylic acids is 1. The van der Waals surface area contributed by atoms with Crippen molar-refractivity contribution in [2.24, 2.45) is 0 Å². The molecule has 0 aliphatic carbocycles. The quantitative estimate of drug-likeness (QED) is 0.599. The molecule has 3 rings (SSSR count). The van der Waals surface area contributed by atoms with Gasteiger partial charge in [-0.15, -0.1) is 0 Å². The van der Waals surface area contributed by atoms with Gasteiger partial charge in [0, 0.05) is 30.2 Å². The van der Waals surface area contributed by atoms with E-state index in [1.807, 2.05) is 24.3 Å². The van der Waals surface area contributed by atoms with Crippen molar-refractivity contribution < 1.29 is 18.8 Å². The van der Waals surface area contributed by atoms with Crippen molar-refractivity contribution in [2.45, 2.75) is 33.5 Å². The lowest BCUT2D eigenvalue weighted by molar-refractivity contribution is -0.910. The summed E-state index contributed by atoms with van der Waals surface area (Å²) in [5.74, 6) is 0.102. The maximum absolute atomic E-state index is 12.7. The first-order valence-electron chi connectivity index (χ1n) is 9.85. The zero-order valence-corrected chi connectivity index (χ0v) is 16.9. The number of furan rings is 1. The lowest BCUT2D eigenvalue weighted by atomic mass is 10.1. The Morgan fingerprint density at radius 1 is 1.04 bits per heavy atom. The molecule has 0 atom stereocenters. The molecule has 3 aromatic rings. The number of para-hydroxylation sites is 1. The summed E-state index contributed by atoms with van der Waals surface area (Å²) in [7, 11) is 1.62. The zero-order chi connectivity index (χ0) is 19.9. The van der Waals surface area contributed by atoms with Crippen LogP contribution in [-0.2, 0) is 24.4 Å². The fourth-order valence-corrected chi connectivity index (χ4v) is 3.40. The Morgan fingerprint density at radius 2 is 1.71 bits per heavy atom. The number of rotatable bonds is 9. The SMILES string of the molecule is CC[NH+](CC)Cc1ccc(CNC(=O)c2oc3ccccc3c2COC)cc1. The lowest BCUT2D eigenvalue weighted by Crippen LogP contribution is -3.10. The third kappa shape index (κ3) is 4.61. The first kappa shape index (κ1) is 20.1. The van der Waals surface area contributed by atoms with Gasteiger partial charge in [-0.2, -0.15) is 0 Å². The fraction of sp³-hybridized carbons (Fsp3) is 0.348. The summed E-state index contributed by atoms with van der Waals surface area (Å²) in [5.41, 5.74) is 3.86. The molecule has 0 unspecified atom stereocenters. The van der Waals surface area contributed by atoms with Gasteiger partial charge in [0.1, 0.15) is 12.1 Å². The van der Waals surface area contributed by atoms with Gasteiger partial charge in [-0.05, 0) is 25.5 Å². The molecule has 5 nitrogen and oxygen atoms in total. The van der Waals surface area contributed by atoms with Crippen molar-refractivity contribution in [1.29, 1.82) is 0 Å². The molecule has 2 N–H and O–H groups in total. The minimum atomic E-state index is -0.222. The Morgan fingerprint density at radius 3 is 2.39 bits per heavy atom. The summed E-state index contributed by atoms with van der Waals surface area (Å²) < 4.78 is 11.1. The number of ether oxygens (including phenoxy) is 1. The van der Waals surface area contributed by atoms with Gasteiger partial charge in [-0.1, -0.05) is 42.5 Å². The smallest absolute Gasteiger partial charge is 0.287 e. The van der Waals surface area contributed by atoms with E-state index in [1.54, 1.807) is 12.0 Å². The molecular weight excluding hydrogens is 352 g/mol. The van der Waals surface area contributed by atoms with Crippen LogP contribution in [0.2, 0.25) is 0 Å². The van der Waals surface area contributed by atoms with E-state index < -0.39 is 0 Å². The Kier molecular flexibility index (Phi) is 6.85. The second-order valence-electron chi connectivity index (χ2n) is 6.97. The molecular formula is C23H29N2O3+. The average Bonchev–Trinajstić information content (AvgIpc) is 3.10. The third-order valence-electron chi connectivity index (χ3n) is 5.12. The number of methoxy groups -OCH3 is 1. The summed E-state index contributed by atoms with van der Waals surface area (Å²) in [5, 5.41) is 3.88. The molecule has 0 aliphatic rings. The van der Waals surface area contributed by atoms with Gasteiger partial charge in [-0.3, -0.25) is 4.79 Å². The van der Waals surface area contributed by atoms with Gasteiger partial charge in [0.15, 0.2) is 5.76 Å². The molecule has 1 aromatic heterocycles. The molecule has 148 valence electrons. The number of fused-ring (bicyclic) bond motifs is 1. The van der Waals surface area contributed by atoms with Crippen molar-refractivity contribution in [1.82, 2.24) is 5.32 Å². The molecule has 5 heteroatoms. The van der Waals surface area contributed by atoms with E-state index in [1.165, 1.54) is 5.56 Å². The summed E-state index contributed by atoms with van der Waals surface area (Å²) in [6.45, 7) is 8.48. The van der Waals surface area contributed by atoms with E-state index in [0.29, 0.717) is 24.5 Å². The van der Waals surface area contributed by atoms with Gasteiger partial charge in [0.25, 0.3) is 5.91 Å². The number of carbonyl (C=O) groups is 1.